The lowest BCUT2D eigenvalue weighted by Gasteiger charge is -2.16. The number of halogens is 1. The molecule has 0 radical (unpaired) electrons. The summed E-state index contributed by atoms with van der Waals surface area (Å²) in [5, 5.41) is 6.64. The number of amides is 1. The molecular formula is C22H17ClN2O3S. The van der Waals surface area contributed by atoms with Crippen LogP contribution in [-0.4, -0.2) is 24.2 Å². The zero-order valence-corrected chi connectivity index (χ0v) is 16.8. The van der Waals surface area contributed by atoms with Crippen LogP contribution in [0.1, 0.15) is 26.7 Å². The molecule has 0 bridgehead atoms. The maximum atomic E-state index is 12.8. The first kappa shape index (κ1) is 18.1. The number of aromatic nitrogens is 1. The predicted octanol–water partition coefficient (Wildman–Crippen LogP) is 5.17. The lowest BCUT2D eigenvalue weighted by Crippen LogP contribution is -2.28. The summed E-state index contributed by atoms with van der Waals surface area (Å²) < 4.78 is 10.7. The molecule has 0 unspecified atom stereocenters. The predicted molar refractivity (Wildman–Crippen MR) is 114 cm³/mol. The van der Waals surface area contributed by atoms with E-state index in [0.29, 0.717) is 28.6 Å². The van der Waals surface area contributed by atoms with E-state index in [4.69, 9.17) is 21.1 Å². The number of ether oxygens (including phenoxy) is 2. The van der Waals surface area contributed by atoms with Crippen LogP contribution in [0.15, 0.2) is 60.1 Å². The van der Waals surface area contributed by atoms with E-state index in [-0.39, 0.29) is 18.6 Å². The van der Waals surface area contributed by atoms with Crippen molar-refractivity contribution < 1.29 is 14.3 Å². The van der Waals surface area contributed by atoms with Crippen molar-refractivity contribution in [1.82, 2.24) is 10.3 Å². The Kier molecular flexibility index (Phi) is 4.66. The van der Waals surface area contributed by atoms with Gasteiger partial charge in [-0.15, -0.1) is 11.3 Å². The Morgan fingerprint density at radius 1 is 1.21 bits per heavy atom. The van der Waals surface area contributed by atoms with Crippen LogP contribution >= 0.6 is 22.9 Å². The lowest BCUT2D eigenvalue weighted by molar-refractivity contribution is 0.0952. The van der Waals surface area contributed by atoms with Crippen molar-refractivity contribution in [3.8, 4) is 11.5 Å². The molecule has 5 rings (SSSR count). The number of fused-ring (bicyclic) bond motifs is 2. The highest BCUT2D eigenvalue weighted by atomic mass is 35.5. The minimum Gasteiger partial charge on any atom is -0.454 e. The van der Waals surface area contributed by atoms with Gasteiger partial charge in [-0.2, -0.15) is 0 Å². The molecule has 7 heteroatoms. The first-order valence-electron chi connectivity index (χ1n) is 9.17. The first-order valence-corrected chi connectivity index (χ1v) is 10.4. The number of hydrogen-bond donors (Lipinski definition) is 2. The van der Waals surface area contributed by atoms with Crippen LogP contribution in [0, 0.1) is 0 Å². The number of rotatable bonds is 5. The number of nitrogens with one attached hydrogen (secondary N) is 2. The quantitative estimate of drug-likeness (QED) is 0.464. The summed E-state index contributed by atoms with van der Waals surface area (Å²) in [6.45, 7) is 0.578. The van der Waals surface area contributed by atoms with Crippen molar-refractivity contribution in [1.29, 1.82) is 0 Å². The molecule has 2 aromatic carbocycles. The molecular weight excluding hydrogens is 408 g/mol. The summed E-state index contributed by atoms with van der Waals surface area (Å²) in [5.41, 5.74) is 2.69. The third-order valence-corrected chi connectivity index (χ3v) is 6.31. The van der Waals surface area contributed by atoms with E-state index >= 15 is 0 Å². The number of thiophene rings is 1. The number of carbonyl (C=O) groups excluding carboxylic acids is 1. The Hall–Kier alpha value is -2.96. The average Bonchev–Trinajstić information content (AvgIpc) is 3.49. The molecule has 4 aromatic rings. The monoisotopic (exact) mass is 424 g/mol. The molecule has 0 spiro atoms. The van der Waals surface area contributed by atoms with E-state index in [1.54, 1.807) is 23.5 Å². The summed E-state index contributed by atoms with van der Waals surface area (Å²) in [6.07, 6.45) is 2.03. The molecule has 2 aromatic heterocycles. The SMILES string of the molecule is O=C(NC[C@H](c1cccs1)c1c[nH]c2ccccc12)c1cc(Cl)c2c(c1)OCO2. The van der Waals surface area contributed by atoms with E-state index in [1.807, 2.05) is 24.4 Å². The fourth-order valence-corrected chi connectivity index (χ4v) is 4.74. The number of H-pyrrole nitrogens is 1. The standard InChI is InChI=1S/C22H17ClN2O3S/c23-17-8-13(9-19-21(17)28-12-27-19)22(26)25-11-16(20-6-3-7-29-20)15-10-24-18-5-2-1-4-14(15)18/h1-10,16,24H,11-12H2,(H,25,26)/t16-/m0/s1. The van der Waals surface area contributed by atoms with Crippen molar-refractivity contribution in [2.24, 2.45) is 0 Å². The van der Waals surface area contributed by atoms with E-state index < -0.39 is 0 Å². The zero-order chi connectivity index (χ0) is 19.8. The Bertz CT molecular complexity index is 1190. The molecule has 0 saturated carbocycles. The maximum absolute atomic E-state index is 12.8. The molecule has 0 aliphatic carbocycles. The van der Waals surface area contributed by atoms with Gasteiger partial charge in [0.2, 0.25) is 6.79 Å². The summed E-state index contributed by atoms with van der Waals surface area (Å²) in [6, 6.07) is 15.6. The van der Waals surface area contributed by atoms with Crippen LogP contribution in [-0.2, 0) is 0 Å². The Morgan fingerprint density at radius 3 is 2.97 bits per heavy atom. The molecule has 1 atom stereocenters. The average molecular weight is 425 g/mol. The van der Waals surface area contributed by atoms with Gasteiger partial charge >= 0.3 is 0 Å². The summed E-state index contributed by atoms with van der Waals surface area (Å²) in [5.74, 6) is 0.818. The normalized spacial score (nSPS) is 13.6. The maximum Gasteiger partial charge on any atom is 0.251 e. The molecule has 2 N–H and O–H groups in total. The fraction of sp³-hybridized carbons (Fsp3) is 0.136. The van der Waals surface area contributed by atoms with Gasteiger partial charge < -0.3 is 19.8 Å². The van der Waals surface area contributed by atoms with Crippen molar-refractivity contribution >= 4 is 39.7 Å². The number of carbonyl (C=O) groups is 1. The highest BCUT2D eigenvalue weighted by Gasteiger charge is 2.23. The zero-order valence-electron chi connectivity index (χ0n) is 15.3. The third kappa shape index (κ3) is 3.34. The van der Waals surface area contributed by atoms with Crippen LogP contribution in [0.5, 0.6) is 11.5 Å². The number of aromatic amines is 1. The highest BCUT2D eigenvalue weighted by molar-refractivity contribution is 7.10. The molecule has 29 heavy (non-hydrogen) atoms. The molecule has 0 saturated heterocycles. The van der Waals surface area contributed by atoms with Gasteiger partial charge in [0.1, 0.15) is 0 Å². The largest absolute Gasteiger partial charge is 0.454 e. The van der Waals surface area contributed by atoms with Gasteiger partial charge in [-0.1, -0.05) is 35.9 Å². The number of para-hydroxylation sites is 1. The Balaban J connectivity index is 1.42. The second kappa shape index (κ2) is 7.46. The van der Waals surface area contributed by atoms with Crippen molar-refractivity contribution in [3.05, 3.63) is 81.1 Å². The molecule has 1 aliphatic heterocycles. The molecule has 3 heterocycles. The van der Waals surface area contributed by atoms with Crippen LogP contribution in [0.4, 0.5) is 0 Å². The molecule has 146 valence electrons. The third-order valence-electron chi connectivity index (χ3n) is 5.04. The van der Waals surface area contributed by atoms with Crippen molar-refractivity contribution in [3.63, 3.8) is 0 Å². The van der Waals surface area contributed by atoms with Gasteiger partial charge in [-0.3, -0.25) is 4.79 Å². The first-order chi connectivity index (χ1) is 14.2. The van der Waals surface area contributed by atoms with E-state index in [0.717, 1.165) is 16.5 Å². The minimum atomic E-state index is -0.202. The van der Waals surface area contributed by atoms with Gasteiger partial charge in [-0.25, -0.2) is 0 Å². The molecule has 0 fully saturated rings. The van der Waals surface area contributed by atoms with Crippen LogP contribution in [0.3, 0.4) is 0 Å². The van der Waals surface area contributed by atoms with Crippen LogP contribution < -0.4 is 14.8 Å². The van der Waals surface area contributed by atoms with Gasteiger partial charge in [-0.05, 0) is 35.2 Å². The van der Waals surface area contributed by atoms with E-state index in [1.165, 1.54) is 4.88 Å². The number of hydrogen-bond acceptors (Lipinski definition) is 4. The Labute approximate surface area is 176 Å². The molecule has 1 aliphatic rings. The second-order valence-electron chi connectivity index (χ2n) is 6.76. The Morgan fingerprint density at radius 2 is 2.10 bits per heavy atom. The van der Waals surface area contributed by atoms with Crippen LogP contribution in [0.2, 0.25) is 5.02 Å². The smallest absolute Gasteiger partial charge is 0.251 e. The van der Waals surface area contributed by atoms with Gasteiger partial charge in [0.05, 0.1) is 5.02 Å². The highest BCUT2D eigenvalue weighted by Crippen LogP contribution is 2.40. The summed E-state index contributed by atoms with van der Waals surface area (Å²) in [7, 11) is 0. The molecule has 5 nitrogen and oxygen atoms in total. The van der Waals surface area contributed by atoms with E-state index in [2.05, 4.69) is 33.9 Å². The minimum absolute atomic E-state index is 0.0413. The van der Waals surface area contributed by atoms with Crippen LogP contribution in [0.25, 0.3) is 10.9 Å². The molecule has 1 amide bonds. The summed E-state index contributed by atoms with van der Waals surface area (Å²) in [4.78, 5) is 17.4. The summed E-state index contributed by atoms with van der Waals surface area (Å²) >= 11 is 7.90. The number of benzene rings is 2. The fourth-order valence-electron chi connectivity index (χ4n) is 3.63. The van der Waals surface area contributed by atoms with Crippen molar-refractivity contribution in [2.45, 2.75) is 5.92 Å². The topological polar surface area (TPSA) is 63.4 Å². The van der Waals surface area contributed by atoms with Gasteiger partial charge in [0.15, 0.2) is 11.5 Å². The lowest BCUT2D eigenvalue weighted by atomic mass is 9.96. The van der Waals surface area contributed by atoms with E-state index in [9.17, 15) is 4.79 Å². The van der Waals surface area contributed by atoms with Crippen molar-refractivity contribution in [2.75, 3.05) is 13.3 Å². The second-order valence-corrected chi connectivity index (χ2v) is 8.15. The van der Waals surface area contributed by atoms with Gasteiger partial charge in [0, 0.05) is 40.0 Å². The van der Waals surface area contributed by atoms with Gasteiger partial charge in [0.25, 0.3) is 5.91 Å².